The number of likely N-dealkylation sites (tertiary alicyclic amines) is 1. The van der Waals surface area contributed by atoms with Gasteiger partial charge in [0.1, 0.15) is 6.04 Å². The van der Waals surface area contributed by atoms with Crippen LogP contribution in [0.5, 0.6) is 0 Å². The lowest BCUT2D eigenvalue weighted by Gasteiger charge is -2.41. The first kappa shape index (κ1) is 27.3. The highest BCUT2D eigenvalue weighted by Crippen LogP contribution is 2.68. The Labute approximate surface area is 209 Å². The van der Waals surface area contributed by atoms with Crippen LogP contribution >= 0.6 is 11.8 Å². The third kappa shape index (κ3) is 4.99. The number of thioether (sulfide) groups is 1. The van der Waals surface area contributed by atoms with Crippen molar-refractivity contribution in [2.24, 2.45) is 23.2 Å². The van der Waals surface area contributed by atoms with Gasteiger partial charge in [-0.05, 0) is 50.9 Å². The molecule has 3 saturated heterocycles. The van der Waals surface area contributed by atoms with Gasteiger partial charge < -0.3 is 20.6 Å². The standard InChI is InChI=1S/C26H45N3O4S/c1-16-14-17-18(21(31)27-7)19-23(33)29(12-10-8-9-11-13-30)20(26(16,19)34-17)22(32)28-25(5,6)15-24(2,3)4/h16-20,30H,8-15H2,1-7H3,(H,27,31)(H,28,32)/t16?,17-,18+,19-,20?,26?/m0/s1. The van der Waals surface area contributed by atoms with Crippen molar-refractivity contribution in [3.63, 3.8) is 0 Å². The molecule has 1 spiro atoms. The molecular weight excluding hydrogens is 450 g/mol. The summed E-state index contributed by atoms with van der Waals surface area (Å²) in [7, 11) is 1.63. The van der Waals surface area contributed by atoms with Crippen molar-refractivity contribution >= 4 is 29.5 Å². The van der Waals surface area contributed by atoms with Crippen LogP contribution in [-0.4, -0.2) is 69.5 Å². The van der Waals surface area contributed by atoms with Crippen LogP contribution in [0.4, 0.5) is 0 Å². The van der Waals surface area contributed by atoms with Crippen LogP contribution in [0, 0.1) is 23.2 Å². The minimum atomic E-state index is -0.568. The quantitative estimate of drug-likeness (QED) is 0.405. The third-order valence-corrected chi connectivity index (χ3v) is 9.86. The molecule has 8 heteroatoms. The summed E-state index contributed by atoms with van der Waals surface area (Å²) in [6.07, 6.45) is 5.00. The lowest BCUT2D eigenvalue weighted by Crippen LogP contribution is -2.60. The number of amides is 3. The molecule has 0 aromatic carbocycles. The molecule has 3 N–H and O–H groups in total. The summed E-state index contributed by atoms with van der Waals surface area (Å²) in [5.74, 6) is -0.856. The van der Waals surface area contributed by atoms with Gasteiger partial charge >= 0.3 is 0 Å². The fourth-order valence-electron chi connectivity index (χ4n) is 7.05. The number of aliphatic hydroxyl groups excluding tert-OH is 1. The summed E-state index contributed by atoms with van der Waals surface area (Å²) in [6, 6.07) is -0.568. The lowest BCUT2D eigenvalue weighted by molar-refractivity contribution is -0.140. The fraction of sp³-hybridized carbons (Fsp3) is 0.885. The third-order valence-electron chi connectivity index (χ3n) is 7.78. The summed E-state index contributed by atoms with van der Waals surface area (Å²) in [5, 5.41) is 15.2. The average molecular weight is 496 g/mol. The Morgan fingerprint density at radius 3 is 2.35 bits per heavy atom. The first-order valence-electron chi connectivity index (χ1n) is 12.9. The topological polar surface area (TPSA) is 98.7 Å². The van der Waals surface area contributed by atoms with Gasteiger partial charge in [0.05, 0.1) is 16.6 Å². The zero-order valence-electron chi connectivity index (χ0n) is 22.1. The van der Waals surface area contributed by atoms with Crippen molar-refractivity contribution in [2.75, 3.05) is 20.2 Å². The van der Waals surface area contributed by atoms with Crippen molar-refractivity contribution < 1.29 is 19.5 Å². The number of hydrogen-bond acceptors (Lipinski definition) is 5. The number of carbonyl (C=O) groups is 3. The second-order valence-electron chi connectivity index (χ2n) is 12.4. The molecule has 3 amide bonds. The van der Waals surface area contributed by atoms with Crippen LogP contribution in [0.1, 0.15) is 80.1 Å². The summed E-state index contributed by atoms with van der Waals surface area (Å²) in [4.78, 5) is 42.6. The van der Waals surface area contributed by atoms with Gasteiger partial charge in [-0.1, -0.05) is 40.5 Å². The van der Waals surface area contributed by atoms with Crippen molar-refractivity contribution in [2.45, 2.75) is 102 Å². The number of nitrogens with zero attached hydrogens (tertiary/aromatic N) is 1. The molecule has 0 aliphatic carbocycles. The van der Waals surface area contributed by atoms with E-state index in [0.29, 0.717) is 6.54 Å². The van der Waals surface area contributed by atoms with Crippen molar-refractivity contribution in [3.8, 4) is 0 Å². The highest BCUT2D eigenvalue weighted by molar-refractivity contribution is 8.02. The highest BCUT2D eigenvalue weighted by atomic mass is 32.2. The molecule has 3 fully saturated rings. The summed E-state index contributed by atoms with van der Waals surface area (Å²) in [5.41, 5.74) is -0.363. The molecule has 0 saturated carbocycles. The molecule has 34 heavy (non-hydrogen) atoms. The molecule has 0 radical (unpaired) electrons. The van der Waals surface area contributed by atoms with E-state index in [-0.39, 0.29) is 46.8 Å². The maximum atomic E-state index is 14.0. The van der Waals surface area contributed by atoms with Crippen molar-refractivity contribution in [1.29, 1.82) is 0 Å². The molecule has 194 valence electrons. The van der Waals surface area contributed by atoms with E-state index in [1.807, 2.05) is 0 Å². The predicted octanol–water partition coefficient (Wildman–Crippen LogP) is 2.95. The van der Waals surface area contributed by atoms with Gasteiger partial charge in [0.2, 0.25) is 17.7 Å². The molecule has 3 aliphatic heterocycles. The van der Waals surface area contributed by atoms with Crippen LogP contribution in [0.2, 0.25) is 0 Å². The number of rotatable bonds is 10. The second kappa shape index (κ2) is 10.00. The first-order valence-corrected chi connectivity index (χ1v) is 13.8. The Kier molecular flexibility index (Phi) is 8.03. The minimum Gasteiger partial charge on any atom is -0.396 e. The van der Waals surface area contributed by atoms with Gasteiger partial charge in [0.15, 0.2) is 0 Å². The Morgan fingerprint density at radius 1 is 1.12 bits per heavy atom. The smallest absolute Gasteiger partial charge is 0.244 e. The van der Waals surface area contributed by atoms with Gasteiger partial charge in [-0.15, -0.1) is 11.8 Å². The molecule has 6 atom stereocenters. The molecule has 3 aliphatic rings. The van der Waals surface area contributed by atoms with Gasteiger partial charge in [-0.2, -0.15) is 0 Å². The average Bonchev–Trinajstić information content (AvgIpc) is 3.29. The van der Waals surface area contributed by atoms with Gasteiger partial charge in [0.25, 0.3) is 0 Å². The minimum absolute atomic E-state index is 0.0360. The van der Waals surface area contributed by atoms with Gasteiger partial charge in [-0.3, -0.25) is 14.4 Å². The van der Waals surface area contributed by atoms with Crippen LogP contribution in [0.25, 0.3) is 0 Å². The molecule has 3 heterocycles. The summed E-state index contributed by atoms with van der Waals surface area (Å²) < 4.78 is -0.564. The Hall–Kier alpha value is -1.28. The normalized spacial score (nSPS) is 32.8. The van der Waals surface area contributed by atoms with Crippen LogP contribution < -0.4 is 10.6 Å². The van der Waals surface area contributed by atoms with E-state index in [1.54, 1.807) is 23.7 Å². The molecule has 7 nitrogen and oxygen atoms in total. The van der Waals surface area contributed by atoms with E-state index >= 15 is 0 Å². The van der Waals surface area contributed by atoms with Crippen LogP contribution in [0.15, 0.2) is 0 Å². The molecule has 3 rings (SSSR count). The van der Waals surface area contributed by atoms with E-state index in [4.69, 9.17) is 5.11 Å². The van der Waals surface area contributed by atoms with Crippen molar-refractivity contribution in [1.82, 2.24) is 15.5 Å². The van der Waals surface area contributed by atoms with E-state index < -0.39 is 22.2 Å². The number of unbranched alkanes of at least 4 members (excludes halogenated alkanes) is 3. The molecule has 3 unspecified atom stereocenters. The molecule has 2 bridgehead atoms. The Morgan fingerprint density at radius 2 is 1.76 bits per heavy atom. The van der Waals surface area contributed by atoms with E-state index in [2.05, 4.69) is 52.2 Å². The molecular formula is C26H45N3O4S. The van der Waals surface area contributed by atoms with E-state index in [1.165, 1.54) is 0 Å². The highest BCUT2D eigenvalue weighted by Gasteiger charge is 2.75. The lowest BCUT2D eigenvalue weighted by atomic mass is 9.65. The maximum Gasteiger partial charge on any atom is 0.244 e. The Balaban J connectivity index is 1.93. The summed E-state index contributed by atoms with van der Waals surface area (Å²) in [6.45, 7) is 13.4. The molecule has 0 aromatic heterocycles. The van der Waals surface area contributed by atoms with Gasteiger partial charge in [0, 0.05) is 31.0 Å². The number of carbonyl (C=O) groups excluding carboxylic acids is 3. The predicted molar refractivity (Wildman–Crippen MR) is 136 cm³/mol. The first-order chi connectivity index (χ1) is 15.8. The number of hydrogen-bond donors (Lipinski definition) is 3. The second-order valence-corrected chi connectivity index (χ2v) is 14.0. The van der Waals surface area contributed by atoms with Gasteiger partial charge in [-0.25, -0.2) is 0 Å². The molecule has 0 aromatic rings. The maximum absolute atomic E-state index is 14.0. The monoisotopic (exact) mass is 495 g/mol. The zero-order chi connectivity index (χ0) is 25.5. The van der Waals surface area contributed by atoms with Crippen LogP contribution in [0.3, 0.4) is 0 Å². The Bertz CT molecular complexity index is 795. The largest absolute Gasteiger partial charge is 0.396 e. The number of aliphatic hydroxyl groups is 1. The van der Waals surface area contributed by atoms with Crippen molar-refractivity contribution in [3.05, 3.63) is 0 Å². The summed E-state index contributed by atoms with van der Waals surface area (Å²) >= 11 is 1.72. The SMILES string of the molecule is CNC(=O)[C@@H]1[C@@H]2CC(C)C3(S2)C(C(=O)NC(C)(C)CC(C)(C)C)N(CCCCCCO)C(=O)[C@H]13. The van der Waals surface area contributed by atoms with E-state index in [0.717, 1.165) is 38.5 Å². The zero-order valence-corrected chi connectivity index (χ0v) is 22.9. The van der Waals surface area contributed by atoms with Crippen LogP contribution in [-0.2, 0) is 14.4 Å². The fourth-order valence-corrected chi connectivity index (χ4v) is 9.47. The number of nitrogens with one attached hydrogen (secondary N) is 2. The van der Waals surface area contributed by atoms with E-state index in [9.17, 15) is 14.4 Å². The number of fused-ring (bicyclic) bond motifs is 1.